The molecule has 3 heteroatoms. The van der Waals surface area contributed by atoms with Crippen molar-refractivity contribution < 1.29 is 4.74 Å². The summed E-state index contributed by atoms with van der Waals surface area (Å²) in [5.74, 6) is 0.760. The molecule has 0 bridgehead atoms. The van der Waals surface area contributed by atoms with Gasteiger partial charge in [0.2, 0.25) is 0 Å². The zero-order valence-corrected chi connectivity index (χ0v) is 7.32. The first-order valence-corrected chi connectivity index (χ1v) is 3.70. The lowest BCUT2D eigenvalue weighted by Crippen LogP contribution is -1.84. The lowest BCUT2D eigenvalue weighted by molar-refractivity contribution is 0.403. The van der Waals surface area contributed by atoms with Gasteiger partial charge in [0.15, 0.2) is 0 Å². The second kappa shape index (κ2) is 3.21. The van der Waals surface area contributed by atoms with E-state index >= 15 is 0 Å². The fourth-order valence-electron chi connectivity index (χ4n) is 0.675. The van der Waals surface area contributed by atoms with Crippen molar-refractivity contribution in [2.75, 3.05) is 7.11 Å². The highest BCUT2D eigenvalue weighted by molar-refractivity contribution is 7.83. The molecule has 1 aromatic carbocycles. The summed E-state index contributed by atoms with van der Waals surface area (Å²) in [5, 5.41) is 0. The Hall–Kier alpha value is -0.280. The van der Waals surface area contributed by atoms with Gasteiger partial charge in [0.05, 0.1) is 12.0 Å². The van der Waals surface area contributed by atoms with Crippen molar-refractivity contribution in [1.82, 2.24) is 0 Å². The number of thiol groups is 2. The highest BCUT2D eigenvalue weighted by atomic mass is 32.1. The molecular weight excluding hydrogens is 164 g/mol. The molecule has 1 nitrogen and oxygen atoms in total. The van der Waals surface area contributed by atoms with Crippen LogP contribution in [0.25, 0.3) is 0 Å². The Balaban J connectivity index is 3.14. The van der Waals surface area contributed by atoms with Gasteiger partial charge < -0.3 is 4.74 Å². The smallest absolute Gasteiger partial charge is 0.133 e. The third-order valence-corrected chi connectivity index (χ3v) is 2.21. The molecule has 0 heterocycles. The summed E-state index contributed by atoms with van der Waals surface area (Å²) in [5.41, 5.74) is 0. The summed E-state index contributed by atoms with van der Waals surface area (Å²) in [4.78, 5) is 1.62. The van der Waals surface area contributed by atoms with Gasteiger partial charge in [0.25, 0.3) is 0 Å². The van der Waals surface area contributed by atoms with Crippen LogP contribution in [0.3, 0.4) is 0 Å². The van der Waals surface area contributed by atoms with Crippen molar-refractivity contribution >= 4 is 25.3 Å². The van der Waals surface area contributed by atoms with E-state index in [1.165, 1.54) is 0 Å². The minimum absolute atomic E-state index is 0.760. The van der Waals surface area contributed by atoms with E-state index in [1.807, 2.05) is 18.2 Å². The van der Waals surface area contributed by atoms with Crippen LogP contribution in [0, 0.1) is 0 Å². The Morgan fingerprint density at radius 3 is 2.50 bits per heavy atom. The van der Waals surface area contributed by atoms with Gasteiger partial charge in [-0.1, -0.05) is 6.07 Å². The van der Waals surface area contributed by atoms with E-state index in [4.69, 9.17) is 4.74 Å². The predicted molar refractivity (Wildman–Crippen MR) is 47.5 cm³/mol. The van der Waals surface area contributed by atoms with Crippen LogP contribution in [0.5, 0.6) is 5.75 Å². The van der Waals surface area contributed by atoms with Gasteiger partial charge in [-0.25, -0.2) is 0 Å². The second-order valence-electron chi connectivity index (χ2n) is 1.83. The number of rotatable bonds is 1. The lowest BCUT2D eigenvalue weighted by atomic mass is 10.3. The van der Waals surface area contributed by atoms with Crippen LogP contribution in [-0.2, 0) is 0 Å². The van der Waals surface area contributed by atoms with Crippen LogP contribution in [0.4, 0.5) is 0 Å². The van der Waals surface area contributed by atoms with Gasteiger partial charge in [-0.2, -0.15) is 0 Å². The number of hydrogen-bond donors (Lipinski definition) is 2. The van der Waals surface area contributed by atoms with Crippen LogP contribution in [0.2, 0.25) is 0 Å². The number of benzene rings is 1. The molecule has 0 radical (unpaired) electrons. The van der Waals surface area contributed by atoms with Crippen LogP contribution in [-0.4, -0.2) is 7.11 Å². The van der Waals surface area contributed by atoms with Gasteiger partial charge in [-0.15, -0.1) is 25.3 Å². The zero-order valence-electron chi connectivity index (χ0n) is 5.53. The molecule has 0 N–H and O–H groups in total. The van der Waals surface area contributed by atoms with E-state index in [1.54, 1.807) is 7.11 Å². The first-order chi connectivity index (χ1) is 4.75. The van der Waals surface area contributed by atoms with Crippen molar-refractivity contribution in [1.29, 1.82) is 0 Å². The number of ether oxygens (including phenoxy) is 1. The van der Waals surface area contributed by atoms with Gasteiger partial charge in [-0.05, 0) is 12.1 Å². The molecule has 10 heavy (non-hydrogen) atoms. The summed E-state index contributed by atoms with van der Waals surface area (Å²) in [6, 6.07) is 5.59. The molecule has 0 saturated carbocycles. The minimum Gasteiger partial charge on any atom is -0.496 e. The van der Waals surface area contributed by atoms with Gasteiger partial charge in [-0.3, -0.25) is 0 Å². The molecule has 0 aliphatic rings. The molecule has 0 spiro atoms. The Morgan fingerprint density at radius 1 is 1.30 bits per heavy atom. The molecule has 0 aliphatic carbocycles. The number of methoxy groups -OCH3 is 1. The van der Waals surface area contributed by atoms with E-state index in [9.17, 15) is 0 Å². The fraction of sp³-hybridized carbons (Fsp3) is 0.143. The van der Waals surface area contributed by atoms with Gasteiger partial charge >= 0.3 is 0 Å². The Labute approximate surface area is 71.2 Å². The molecule has 1 aromatic rings. The summed E-state index contributed by atoms with van der Waals surface area (Å²) >= 11 is 8.36. The van der Waals surface area contributed by atoms with Crippen molar-refractivity contribution in [3.63, 3.8) is 0 Å². The third-order valence-electron chi connectivity index (χ3n) is 1.20. The van der Waals surface area contributed by atoms with Crippen molar-refractivity contribution in [3.8, 4) is 5.75 Å². The molecule has 0 atom stereocenters. The quantitative estimate of drug-likeness (QED) is 0.618. The fourth-order valence-corrected chi connectivity index (χ4v) is 1.11. The van der Waals surface area contributed by atoms with Crippen LogP contribution >= 0.6 is 25.3 Å². The molecule has 0 unspecified atom stereocenters. The summed E-state index contributed by atoms with van der Waals surface area (Å²) in [6.45, 7) is 0. The average molecular weight is 172 g/mol. The van der Waals surface area contributed by atoms with Gasteiger partial charge in [0.1, 0.15) is 5.75 Å². The lowest BCUT2D eigenvalue weighted by Gasteiger charge is -2.03. The van der Waals surface area contributed by atoms with Crippen molar-refractivity contribution in [2.24, 2.45) is 0 Å². The summed E-state index contributed by atoms with van der Waals surface area (Å²) < 4.78 is 5.00. The molecule has 0 aliphatic heterocycles. The summed E-state index contributed by atoms with van der Waals surface area (Å²) in [6.07, 6.45) is 0. The summed E-state index contributed by atoms with van der Waals surface area (Å²) in [7, 11) is 1.61. The topological polar surface area (TPSA) is 9.23 Å². The predicted octanol–water partition coefficient (Wildman–Crippen LogP) is 2.27. The standard InChI is InChI=1S/C7H8OS2/c1-8-5-3-2-4-6(9)7(5)10/h2-4,9-10H,1H3. The van der Waals surface area contributed by atoms with E-state index in [2.05, 4.69) is 25.3 Å². The highest BCUT2D eigenvalue weighted by Gasteiger charge is 1.99. The van der Waals surface area contributed by atoms with Crippen molar-refractivity contribution in [2.45, 2.75) is 9.79 Å². The van der Waals surface area contributed by atoms with Crippen LogP contribution < -0.4 is 4.74 Å². The van der Waals surface area contributed by atoms with E-state index in [0.29, 0.717) is 0 Å². The maximum Gasteiger partial charge on any atom is 0.133 e. The Kier molecular flexibility index (Phi) is 2.51. The molecule has 0 aromatic heterocycles. The molecule has 0 saturated heterocycles. The molecule has 54 valence electrons. The first-order valence-electron chi connectivity index (χ1n) is 2.80. The normalized spacial score (nSPS) is 9.50. The van der Waals surface area contributed by atoms with E-state index in [-0.39, 0.29) is 0 Å². The highest BCUT2D eigenvalue weighted by Crippen LogP contribution is 2.27. The van der Waals surface area contributed by atoms with Gasteiger partial charge in [0, 0.05) is 4.90 Å². The molecule has 1 rings (SSSR count). The van der Waals surface area contributed by atoms with E-state index < -0.39 is 0 Å². The zero-order chi connectivity index (χ0) is 7.56. The Morgan fingerprint density at radius 2 is 2.00 bits per heavy atom. The number of hydrogen-bond acceptors (Lipinski definition) is 3. The first kappa shape index (κ1) is 7.82. The maximum absolute atomic E-state index is 5.00. The molecule has 0 amide bonds. The van der Waals surface area contributed by atoms with Crippen molar-refractivity contribution in [3.05, 3.63) is 18.2 Å². The average Bonchev–Trinajstić information content (AvgIpc) is 1.95. The minimum atomic E-state index is 0.760. The monoisotopic (exact) mass is 172 g/mol. The third kappa shape index (κ3) is 1.41. The molecular formula is C7H8OS2. The second-order valence-corrected chi connectivity index (χ2v) is 2.76. The molecule has 0 fully saturated rings. The van der Waals surface area contributed by atoms with Crippen LogP contribution in [0.15, 0.2) is 28.0 Å². The Bertz CT molecular complexity index is 235. The maximum atomic E-state index is 5.00. The van der Waals surface area contributed by atoms with E-state index in [0.717, 1.165) is 15.5 Å². The van der Waals surface area contributed by atoms with Crippen LogP contribution in [0.1, 0.15) is 0 Å². The largest absolute Gasteiger partial charge is 0.496 e. The SMILES string of the molecule is COc1cccc(S)c1S.